The van der Waals surface area contributed by atoms with Gasteiger partial charge in [0.25, 0.3) is 0 Å². The molecule has 1 rings (SSSR count). The summed E-state index contributed by atoms with van der Waals surface area (Å²) in [5.41, 5.74) is 0. The lowest BCUT2D eigenvalue weighted by atomic mass is 10.1. The molecule has 2 nitrogen and oxygen atoms in total. The number of hydrogen-bond donors (Lipinski definition) is 2. The van der Waals surface area contributed by atoms with Gasteiger partial charge in [0.15, 0.2) is 0 Å². The van der Waals surface area contributed by atoms with Gasteiger partial charge in [-0.05, 0) is 32.9 Å². The molecule has 0 aromatic rings. The van der Waals surface area contributed by atoms with Gasteiger partial charge >= 0.3 is 0 Å². The standard InChI is InChI=1S/C8H17FN2/c1-10-6-7(9)5-8-3-2-4-11-8/h7-8,10-11H,2-6H2,1H3. The second kappa shape index (κ2) is 4.67. The predicted molar refractivity (Wildman–Crippen MR) is 44.5 cm³/mol. The van der Waals surface area contributed by atoms with E-state index in [4.69, 9.17) is 0 Å². The lowest BCUT2D eigenvalue weighted by Gasteiger charge is -2.13. The van der Waals surface area contributed by atoms with Crippen LogP contribution >= 0.6 is 0 Å². The van der Waals surface area contributed by atoms with Crippen LogP contribution in [0, 0.1) is 0 Å². The summed E-state index contributed by atoms with van der Waals surface area (Å²) in [4.78, 5) is 0. The third kappa shape index (κ3) is 3.16. The van der Waals surface area contributed by atoms with Crippen molar-refractivity contribution in [2.75, 3.05) is 20.1 Å². The fraction of sp³-hybridized carbons (Fsp3) is 1.00. The number of halogens is 1. The molecule has 1 aliphatic rings. The molecule has 0 radical (unpaired) electrons. The van der Waals surface area contributed by atoms with Crippen molar-refractivity contribution >= 4 is 0 Å². The Morgan fingerprint density at radius 3 is 3.09 bits per heavy atom. The van der Waals surface area contributed by atoms with Gasteiger partial charge in [0, 0.05) is 12.6 Å². The average Bonchev–Trinajstić information content (AvgIpc) is 2.40. The largest absolute Gasteiger partial charge is 0.317 e. The lowest BCUT2D eigenvalue weighted by molar-refractivity contribution is 0.281. The first-order chi connectivity index (χ1) is 5.33. The van der Waals surface area contributed by atoms with Crippen LogP contribution in [0.1, 0.15) is 19.3 Å². The fourth-order valence-corrected chi connectivity index (χ4v) is 1.57. The van der Waals surface area contributed by atoms with Crippen molar-refractivity contribution in [3.63, 3.8) is 0 Å². The Morgan fingerprint density at radius 2 is 2.55 bits per heavy atom. The molecule has 1 saturated heterocycles. The van der Waals surface area contributed by atoms with Crippen LogP contribution in [0.25, 0.3) is 0 Å². The molecule has 0 aromatic carbocycles. The SMILES string of the molecule is CNCC(F)CC1CCCN1. The predicted octanol–water partition coefficient (Wildman–Crippen LogP) is 0.686. The molecule has 2 atom stereocenters. The highest BCUT2D eigenvalue weighted by Crippen LogP contribution is 2.12. The normalized spacial score (nSPS) is 27.3. The Hall–Kier alpha value is -0.150. The molecule has 0 aliphatic carbocycles. The van der Waals surface area contributed by atoms with Crippen LogP contribution in [0.15, 0.2) is 0 Å². The molecule has 2 unspecified atom stereocenters. The number of nitrogens with one attached hydrogen (secondary N) is 2. The Bertz CT molecular complexity index is 102. The minimum Gasteiger partial charge on any atom is -0.317 e. The van der Waals surface area contributed by atoms with Crippen LogP contribution in [-0.2, 0) is 0 Å². The molecule has 1 heterocycles. The van der Waals surface area contributed by atoms with E-state index in [1.807, 2.05) is 0 Å². The average molecular weight is 160 g/mol. The molecule has 66 valence electrons. The zero-order chi connectivity index (χ0) is 8.10. The first kappa shape index (κ1) is 8.94. The molecule has 0 bridgehead atoms. The second-order valence-electron chi connectivity index (χ2n) is 3.18. The van der Waals surface area contributed by atoms with Crippen molar-refractivity contribution in [1.29, 1.82) is 0 Å². The second-order valence-corrected chi connectivity index (χ2v) is 3.18. The highest BCUT2D eigenvalue weighted by molar-refractivity contribution is 4.77. The molecule has 1 fully saturated rings. The topological polar surface area (TPSA) is 24.1 Å². The van der Waals surface area contributed by atoms with Gasteiger partial charge in [0.2, 0.25) is 0 Å². The van der Waals surface area contributed by atoms with Crippen molar-refractivity contribution in [2.45, 2.75) is 31.5 Å². The molecule has 0 aromatic heterocycles. The summed E-state index contributed by atoms with van der Waals surface area (Å²) < 4.78 is 13.0. The maximum Gasteiger partial charge on any atom is 0.114 e. The summed E-state index contributed by atoms with van der Waals surface area (Å²) in [6.45, 7) is 1.55. The van der Waals surface area contributed by atoms with Gasteiger partial charge in [-0.2, -0.15) is 0 Å². The van der Waals surface area contributed by atoms with Crippen LogP contribution in [-0.4, -0.2) is 32.4 Å². The van der Waals surface area contributed by atoms with E-state index in [9.17, 15) is 4.39 Å². The van der Waals surface area contributed by atoms with Crippen LogP contribution in [0.5, 0.6) is 0 Å². The molecular formula is C8H17FN2. The molecule has 0 spiro atoms. The third-order valence-electron chi connectivity index (χ3n) is 2.13. The monoisotopic (exact) mass is 160 g/mol. The summed E-state index contributed by atoms with van der Waals surface area (Å²) in [6, 6.07) is 0.429. The third-order valence-corrected chi connectivity index (χ3v) is 2.13. The zero-order valence-corrected chi connectivity index (χ0v) is 7.07. The van der Waals surface area contributed by atoms with E-state index in [2.05, 4.69) is 10.6 Å². The van der Waals surface area contributed by atoms with Gasteiger partial charge in [0.1, 0.15) is 6.17 Å². The first-order valence-electron chi connectivity index (χ1n) is 4.35. The summed E-state index contributed by atoms with van der Waals surface area (Å²) in [5, 5.41) is 6.12. The smallest absolute Gasteiger partial charge is 0.114 e. The van der Waals surface area contributed by atoms with Crippen LogP contribution in [0.2, 0.25) is 0 Å². The van der Waals surface area contributed by atoms with Crippen molar-refractivity contribution < 1.29 is 4.39 Å². The lowest BCUT2D eigenvalue weighted by Crippen LogP contribution is -2.29. The van der Waals surface area contributed by atoms with Gasteiger partial charge in [-0.3, -0.25) is 0 Å². The van der Waals surface area contributed by atoms with Crippen LogP contribution in [0.4, 0.5) is 4.39 Å². The zero-order valence-electron chi connectivity index (χ0n) is 7.07. The Morgan fingerprint density at radius 1 is 1.73 bits per heavy atom. The molecule has 11 heavy (non-hydrogen) atoms. The number of rotatable bonds is 4. The summed E-state index contributed by atoms with van der Waals surface area (Å²) in [5.74, 6) is 0. The number of alkyl halides is 1. The van der Waals surface area contributed by atoms with Gasteiger partial charge < -0.3 is 10.6 Å². The van der Waals surface area contributed by atoms with E-state index in [-0.39, 0.29) is 0 Å². The minimum absolute atomic E-state index is 0.429. The van der Waals surface area contributed by atoms with Crippen molar-refractivity contribution in [3.05, 3.63) is 0 Å². The molecule has 1 aliphatic heterocycles. The number of hydrogen-bond acceptors (Lipinski definition) is 2. The summed E-state index contributed by atoms with van der Waals surface area (Å²) in [7, 11) is 1.79. The van der Waals surface area contributed by atoms with Crippen molar-refractivity contribution in [3.8, 4) is 0 Å². The minimum atomic E-state index is -0.685. The molecule has 0 saturated carbocycles. The molecule has 3 heteroatoms. The van der Waals surface area contributed by atoms with E-state index >= 15 is 0 Å². The molecule has 2 N–H and O–H groups in total. The van der Waals surface area contributed by atoms with Crippen molar-refractivity contribution in [2.24, 2.45) is 0 Å². The van der Waals surface area contributed by atoms with E-state index < -0.39 is 6.17 Å². The Balaban J connectivity index is 2.08. The van der Waals surface area contributed by atoms with Gasteiger partial charge in [-0.15, -0.1) is 0 Å². The Kier molecular flexibility index (Phi) is 3.80. The van der Waals surface area contributed by atoms with E-state index in [1.54, 1.807) is 7.05 Å². The van der Waals surface area contributed by atoms with Crippen LogP contribution < -0.4 is 10.6 Å². The first-order valence-corrected chi connectivity index (χ1v) is 4.35. The highest BCUT2D eigenvalue weighted by atomic mass is 19.1. The molecular weight excluding hydrogens is 143 g/mol. The van der Waals surface area contributed by atoms with E-state index in [0.717, 1.165) is 13.0 Å². The van der Waals surface area contributed by atoms with Gasteiger partial charge in [0.05, 0.1) is 0 Å². The van der Waals surface area contributed by atoms with Crippen LogP contribution in [0.3, 0.4) is 0 Å². The maximum absolute atomic E-state index is 13.0. The van der Waals surface area contributed by atoms with Gasteiger partial charge in [-0.25, -0.2) is 4.39 Å². The van der Waals surface area contributed by atoms with E-state index in [0.29, 0.717) is 19.0 Å². The van der Waals surface area contributed by atoms with Gasteiger partial charge in [-0.1, -0.05) is 0 Å². The Labute approximate surface area is 67.6 Å². The fourth-order valence-electron chi connectivity index (χ4n) is 1.57. The summed E-state index contributed by atoms with van der Waals surface area (Å²) in [6.07, 6.45) is 2.33. The van der Waals surface area contributed by atoms with Crippen molar-refractivity contribution in [1.82, 2.24) is 10.6 Å². The quantitative estimate of drug-likeness (QED) is 0.632. The molecule has 0 amide bonds. The highest BCUT2D eigenvalue weighted by Gasteiger charge is 2.18. The maximum atomic E-state index is 13.0. The summed E-state index contributed by atoms with van der Waals surface area (Å²) >= 11 is 0. The van der Waals surface area contributed by atoms with E-state index in [1.165, 1.54) is 6.42 Å².